The van der Waals surface area contributed by atoms with Crippen molar-refractivity contribution in [3.63, 3.8) is 0 Å². The van der Waals surface area contributed by atoms with Crippen LogP contribution in [0.3, 0.4) is 0 Å². The predicted molar refractivity (Wildman–Crippen MR) is 89.5 cm³/mol. The van der Waals surface area contributed by atoms with Gasteiger partial charge >= 0.3 is 0 Å². The monoisotopic (exact) mass is 370 g/mol. The number of unbranched alkanes of at least 4 members (excludes halogenated alkanes) is 10. The van der Waals surface area contributed by atoms with Crippen molar-refractivity contribution < 1.29 is 0 Å². The second kappa shape index (κ2) is 16.8. The van der Waals surface area contributed by atoms with E-state index in [4.69, 9.17) is 11.6 Å². The second-order valence-corrected chi connectivity index (χ2v) is 6.03. The van der Waals surface area contributed by atoms with Crippen LogP contribution in [-0.2, 0) is 0 Å². The SMILES string of the molecule is ClCC=CCCCCCCCCCCCCI. The number of halogens is 2. The molecule has 0 heterocycles. The molecular formula is C15H28ClI. The molecule has 0 spiro atoms. The zero-order valence-corrected chi connectivity index (χ0v) is 14.0. The molecule has 0 saturated heterocycles. The molecule has 102 valence electrons. The summed E-state index contributed by atoms with van der Waals surface area (Å²) >= 11 is 8.03. The van der Waals surface area contributed by atoms with E-state index in [-0.39, 0.29) is 0 Å². The van der Waals surface area contributed by atoms with Crippen LogP contribution in [0.4, 0.5) is 0 Å². The molecule has 0 atom stereocenters. The van der Waals surface area contributed by atoms with Gasteiger partial charge in [0.05, 0.1) is 0 Å². The summed E-state index contributed by atoms with van der Waals surface area (Å²) in [5, 5.41) is 0. The van der Waals surface area contributed by atoms with Gasteiger partial charge in [0.2, 0.25) is 0 Å². The molecule has 0 rings (SSSR count). The van der Waals surface area contributed by atoms with Crippen molar-refractivity contribution in [1.82, 2.24) is 0 Å². The minimum atomic E-state index is 0.664. The maximum absolute atomic E-state index is 5.56. The average molecular weight is 371 g/mol. The lowest BCUT2D eigenvalue weighted by Crippen LogP contribution is -1.82. The van der Waals surface area contributed by atoms with Crippen LogP contribution in [0.2, 0.25) is 0 Å². The number of rotatable bonds is 13. The standard InChI is InChI=1S/C15H28ClI/c16-14-12-10-8-6-4-2-1-3-5-7-9-11-13-15-17/h10,12H,1-9,11,13-15H2. The van der Waals surface area contributed by atoms with E-state index in [0.29, 0.717) is 5.88 Å². The lowest BCUT2D eigenvalue weighted by molar-refractivity contribution is 0.559. The Morgan fingerprint density at radius 3 is 1.59 bits per heavy atom. The van der Waals surface area contributed by atoms with Gasteiger partial charge in [0.25, 0.3) is 0 Å². The summed E-state index contributed by atoms with van der Waals surface area (Å²) in [6.07, 6.45) is 19.7. The quantitative estimate of drug-likeness (QED) is 0.150. The van der Waals surface area contributed by atoms with Gasteiger partial charge in [0, 0.05) is 5.88 Å². The van der Waals surface area contributed by atoms with Gasteiger partial charge in [-0.05, 0) is 23.7 Å². The highest BCUT2D eigenvalue weighted by Crippen LogP contribution is 2.11. The summed E-state index contributed by atoms with van der Waals surface area (Å²) in [4.78, 5) is 0. The molecule has 0 nitrogen and oxygen atoms in total. The van der Waals surface area contributed by atoms with E-state index >= 15 is 0 Å². The van der Waals surface area contributed by atoms with E-state index in [1.54, 1.807) is 0 Å². The molecule has 2 heteroatoms. The third-order valence-corrected chi connectivity index (χ3v) is 3.95. The first-order valence-electron chi connectivity index (χ1n) is 7.18. The van der Waals surface area contributed by atoms with Crippen molar-refractivity contribution in [2.45, 2.75) is 70.6 Å². The van der Waals surface area contributed by atoms with Crippen molar-refractivity contribution in [3.05, 3.63) is 12.2 Å². The van der Waals surface area contributed by atoms with Crippen LogP contribution >= 0.6 is 34.2 Å². The maximum atomic E-state index is 5.56. The third kappa shape index (κ3) is 16.8. The molecule has 0 aromatic rings. The minimum Gasteiger partial charge on any atom is -0.122 e. The maximum Gasteiger partial charge on any atom is 0.0404 e. The van der Waals surface area contributed by atoms with Crippen LogP contribution in [0.15, 0.2) is 12.2 Å². The summed E-state index contributed by atoms with van der Waals surface area (Å²) in [5.41, 5.74) is 0. The fourth-order valence-electron chi connectivity index (χ4n) is 1.95. The number of allylic oxidation sites excluding steroid dienone is 2. The fourth-order valence-corrected chi connectivity index (χ4v) is 2.62. The first-order chi connectivity index (χ1) is 8.41. The lowest BCUT2D eigenvalue weighted by atomic mass is 10.1. The molecule has 0 amide bonds. The topological polar surface area (TPSA) is 0 Å². The molecule has 0 N–H and O–H groups in total. The lowest BCUT2D eigenvalue weighted by Gasteiger charge is -2.01. The van der Waals surface area contributed by atoms with Crippen LogP contribution < -0.4 is 0 Å². The summed E-state index contributed by atoms with van der Waals surface area (Å²) in [7, 11) is 0. The summed E-state index contributed by atoms with van der Waals surface area (Å²) in [6, 6.07) is 0. The Labute approximate surface area is 127 Å². The molecule has 0 radical (unpaired) electrons. The highest BCUT2D eigenvalue weighted by molar-refractivity contribution is 14.1. The van der Waals surface area contributed by atoms with Gasteiger partial charge in [0.15, 0.2) is 0 Å². The van der Waals surface area contributed by atoms with Crippen LogP contribution in [0.25, 0.3) is 0 Å². The van der Waals surface area contributed by atoms with Crippen LogP contribution in [-0.4, -0.2) is 10.3 Å². The zero-order valence-electron chi connectivity index (χ0n) is 11.1. The van der Waals surface area contributed by atoms with E-state index in [1.165, 1.54) is 75.1 Å². The third-order valence-electron chi connectivity index (χ3n) is 3.01. The number of alkyl halides is 2. The van der Waals surface area contributed by atoms with E-state index in [1.807, 2.05) is 0 Å². The zero-order chi connectivity index (χ0) is 12.6. The Bertz CT molecular complexity index is 157. The number of hydrogen-bond donors (Lipinski definition) is 0. The highest BCUT2D eigenvalue weighted by atomic mass is 127. The minimum absolute atomic E-state index is 0.664. The number of hydrogen-bond acceptors (Lipinski definition) is 0. The van der Waals surface area contributed by atoms with Gasteiger partial charge in [-0.1, -0.05) is 86.1 Å². The Balaban J connectivity index is 2.91. The molecule has 0 aliphatic carbocycles. The Morgan fingerprint density at radius 1 is 0.647 bits per heavy atom. The van der Waals surface area contributed by atoms with E-state index in [0.717, 1.165) is 0 Å². The second-order valence-electron chi connectivity index (χ2n) is 4.64. The van der Waals surface area contributed by atoms with Crippen molar-refractivity contribution in [3.8, 4) is 0 Å². The van der Waals surface area contributed by atoms with Gasteiger partial charge in [0.1, 0.15) is 0 Å². The summed E-state index contributed by atoms with van der Waals surface area (Å²) < 4.78 is 1.33. The largest absolute Gasteiger partial charge is 0.122 e. The van der Waals surface area contributed by atoms with Gasteiger partial charge in [-0.25, -0.2) is 0 Å². The van der Waals surface area contributed by atoms with Gasteiger partial charge < -0.3 is 0 Å². The van der Waals surface area contributed by atoms with E-state index in [2.05, 4.69) is 34.7 Å². The Hall–Kier alpha value is 0.760. The smallest absolute Gasteiger partial charge is 0.0404 e. The highest BCUT2D eigenvalue weighted by Gasteiger charge is 1.92. The first-order valence-corrected chi connectivity index (χ1v) is 9.24. The molecule has 0 saturated carbocycles. The molecule has 0 unspecified atom stereocenters. The van der Waals surface area contributed by atoms with E-state index in [9.17, 15) is 0 Å². The van der Waals surface area contributed by atoms with Crippen molar-refractivity contribution in [1.29, 1.82) is 0 Å². The molecule has 17 heavy (non-hydrogen) atoms. The van der Waals surface area contributed by atoms with Gasteiger partial charge in [-0.3, -0.25) is 0 Å². The molecule has 0 fully saturated rings. The average Bonchev–Trinajstić information content (AvgIpc) is 2.35. The molecular weight excluding hydrogens is 343 g/mol. The summed E-state index contributed by atoms with van der Waals surface area (Å²) in [5.74, 6) is 0.664. The van der Waals surface area contributed by atoms with E-state index < -0.39 is 0 Å². The van der Waals surface area contributed by atoms with Crippen LogP contribution in [0.1, 0.15) is 70.6 Å². The summed E-state index contributed by atoms with van der Waals surface area (Å²) in [6.45, 7) is 0. The molecule has 0 bridgehead atoms. The van der Waals surface area contributed by atoms with Crippen molar-refractivity contribution >= 4 is 34.2 Å². The molecule has 0 aliphatic heterocycles. The normalized spacial score (nSPS) is 11.4. The molecule has 0 aromatic heterocycles. The van der Waals surface area contributed by atoms with Crippen LogP contribution in [0, 0.1) is 0 Å². The van der Waals surface area contributed by atoms with Crippen molar-refractivity contribution in [2.75, 3.05) is 10.3 Å². The Kier molecular flexibility index (Phi) is 17.5. The van der Waals surface area contributed by atoms with Gasteiger partial charge in [-0.15, -0.1) is 11.6 Å². The molecule has 0 aromatic carbocycles. The predicted octanol–water partition coefficient (Wildman–Crippen LogP) is 6.51. The first kappa shape index (κ1) is 17.8. The van der Waals surface area contributed by atoms with Gasteiger partial charge in [-0.2, -0.15) is 0 Å². The Morgan fingerprint density at radius 2 is 1.12 bits per heavy atom. The van der Waals surface area contributed by atoms with Crippen molar-refractivity contribution in [2.24, 2.45) is 0 Å². The fraction of sp³-hybridized carbons (Fsp3) is 0.867. The van der Waals surface area contributed by atoms with Crippen LogP contribution in [0.5, 0.6) is 0 Å². The molecule has 0 aliphatic rings.